The van der Waals surface area contributed by atoms with E-state index in [4.69, 9.17) is 9.47 Å². The number of rotatable bonds is 5. The van der Waals surface area contributed by atoms with Gasteiger partial charge in [-0.3, -0.25) is 9.69 Å². The first-order valence-corrected chi connectivity index (χ1v) is 10.8. The van der Waals surface area contributed by atoms with Crippen LogP contribution in [0.25, 0.3) is 0 Å². The lowest BCUT2D eigenvalue weighted by atomic mass is 9.84. The van der Waals surface area contributed by atoms with E-state index in [1.54, 1.807) is 17.0 Å². The highest BCUT2D eigenvalue weighted by molar-refractivity contribution is 6.06. The van der Waals surface area contributed by atoms with E-state index in [1.807, 2.05) is 55.5 Å². The van der Waals surface area contributed by atoms with Crippen molar-refractivity contribution in [1.29, 1.82) is 0 Å². The number of ether oxygens (including phenoxy) is 2. The van der Waals surface area contributed by atoms with Gasteiger partial charge in [-0.25, -0.2) is 9.18 Å². The summed E-state index contributed by atoms with van der Waals surface area (Å²) in [6.07, 6.45) is 0.178. The van der Waals surface area contributed by atoms with Crippen molar-refractivity contribution in [2.75, 3.05) is 11.5 Å². The van der Waals surface area contributed by atoms with E-state index in [1.165, 1.54) is 12.1 Å². The number of hydrogen-bond acceptors (Lipinski definition) is 4. The maximum atomic E-state index is 13.1. The second-order valence-corrected chi connectivity index (χ2v) is 8.24. The van der Waals surface area contributed by atoms with Crippen LogP contribution in [-0.2, 0) is 20.9 Å². The molecule has 0 saturated carbocycles. The minimum Gasteiger partial charge on any atom is -0.489 e. The normalized spacial score (nSPS) is 17.8. The molecule has 2 aliphatic rings. The van der Waals surface area contributed by atoms with Crippen LogP contribution in [0.4, 0.5) is 10.1 Å². The summed E-state index contributed by atoms with van der Waals surface area (Å²) in [6, 6.07) is 21.2. The highest BCUT2D eigenvalue weighted by atomic mass is 19.1. The number of carbonyl (C=O) groups excluding carboxylic acids is 2. The van der Waals surface area contributed by atoms with Crippen LogP contribution in [0.2, 0.25) is 0 Å². The molecule has 0 aromatic heterocycles. The molecule has 33 heavy (non-hydrogen) atoms. The Labute approximate surface area is 191 Å². The first-order chi connectivity index (χ1) is 16.0. The molecule has 3 aromatic carbocycles. The summed E-state index contributed by atoms with van der Waals surface area (Å²) in [5, 5.41) is 0. The Kier molecular flexibility index (Phi) is 5.42. The third-order valence-electron chi connectivity index (χ3n) is 6.01. The Hall–Kier alpha value is -3.93. The minimum atomic E-state index is -0.378. The lowest BCUT2D eigenvalue weighted by Gasteiger charge is -2.32. The van der Waals surface area contributed by atoms with Crippen molar-refractivity contribution >= 4 is 17.6 Å². The van der Waals surface area contributed by atoms with Crippen LogP contribution in [0.5, 0.6) is 5.75 Å². The van der Waals surface area contributed by atoms with Gasteiger partial charge in [0.15, 0.2) is 0 Å². The molecule has 5 nitrogen and oxygen atoms in total. The number of carbonyl (C=O) groups is 2. The van der Waals surface area contributed by atoms with Crippen LogP contribution in [0.3, 0.4) is 0 Å². The summed E-state index contributed by atoms with van der Waals surface area (Å²) in [5.74, 6) is -0.455. The third-order valence-corrected chi connectivity index (χ3v) is 6.01. The van der Waals surface area contributed by atoms with Crippen LogP contribution in [0, 0.1) is 12.7 Å². The molecule has 5 rings (SSSR count). The molecule has 6 heteroatoms. The standard InChI is InChI=1S/C27H22FNO4/c1-17-2-10-21(11-3-17)29-24-16-33-27(31)26(24)23(14-25(29)30)19-6-12-22(13-7-19)32-15-18-4-8-20(28)9-5-18/h2-13,23H,14-16H2,1H3. The number of amides is 1. The number of halogens is 1. The van der Waals surface area contributed by atoms with Crippen LogP contribution in [-0.4, -0.2) is 18.5 Å². The van der Waals surface area contributed by atoms with Gasteiger partial charge in [0.2, 0.25) is 5.91 Å². The summed E-state index contributed by atoms with van der Waals surface area (Å²) in [7, 11) is 0. The van der Waals surface area contributed by atoms with Crippen molar-refractivity contribution in [3.8, 4) is 5.75 Å². The molecular weight excluding hydrogens is 421 g/mol. The smallest absolute Gasteiger partial charge is 0.336 e. The maximum absolute atomic E-state index is 13.1. The molecule has 0 bridgehead atoms. The average Bonchev–Trinajstić information content (AvgIpc) is 3.21. The van der Waals surface area contributed by atoms with Gasteiger partial charge in [0.1, 0.15) is 24.8 Å². The highest BCUT2D eigenvalue weighted by Gasteiger charge is 2.42. The molecular formula is C27H22FNO4. The van der Waals surface area contributed by atoms with E-state index in [0.29, 0.717) is 23.6 Å². The molecule has 2 aliphatic heterocycles. The Morgan fingerprint density at radius 1 is 0.970 bits per heavy atom. The second kappa shape index (κ2) is 8.54. The monoisotopic (exact) mass is 443 g/mol. The van der Waals surface area contributed by atoms with E-state index in [9.17, 15) is 14.0 Å². The fourth-order valence-electron chi connectivity index (χ4n) is 4.28. The molecule has 0 radical (unpaired) electrons. The van der Waals surface area contributed by atoms with Crippen molar-refractivity contribution in [3.63, 3.8) is 0 Å². The van der Waals surface area contributed by atoms with Crippen molar-refractivity contribution in [1.82, 2.24) is 0 Å². The van der Waals surface area contributed by atoms with Gasteiger partial charge in [-0.05, 0) is 54.4 Å². The molecule has 0 spiro atoms. The third kappa shape index (κ3) is 4.12. The Morgan fingerprint density at radius 3 is 2.36 bits per heavy atom. The van der Waals surface area contributed by atoms with Crippen LogP contribution in [0.1, 0.15) is 29.0 Å². The maximum Gasteiger partial charge on any atom is 0.336 e. The zero-order valence-corrected chi connectivity index (χ0v) is 18.1. The average molecular weight is 443 g/mol. The molecule has 1 atom stereocenters. The van der Waals surface area contributed by atoms with Crippen molar-refractivity contribution in [2.45, 2.75) is 25.9 Å². The molecule has 3 aromatic rings. The van der Waals surface area contributed by atoms with Crippen LogP contribution in [0.15, 0.2) is 84.1 Å². The van der Waals surface area contributed by atoms with E-state index < -0.39 is 0 Å². The zero-order chi connectivity index (χ0) is 22.9. The van der Waals surface area contributed by atoms with E-state index >= 15 is 0 Å². The van der Waals surface area contributed by atoms with Gasteiger partial charge >= 0.3 is 5.97 Å². The predicted molar refractivity (Wildman–Crippen MR) is 121 cm³/mol. The van der Waals surface area contributed by atoms with Crippen molar-refractivity contribution in [2.24, 2.45) is 0 Å². The highest BCUT2D eigenvalue weighted by Crippen LogP contribution is 2.42. The summed E-state index contributed by atoms with van der Waals surface area (Å²) in [5.41, 5.74) is 4.69. The molecule has 1 amide bonds. The van der Waals surface area contributed by atoms with E-state index in [-0.39, 0.29) is 36.6 Å². The quantitative estimate of drug-likeness (QED) is 0.518. The molecule has 0 saturated heterocycles. The first-order valence-electron chi connectivity index (χ1n) is 10.8. The fraction of sp³-hybridized carbons (Fsp3) is 0.185. The predicted octanol–water partition coefficient (Wildman–Crippen LogP) is 5.04. The lowest BCUT2D eigenvalue weighted by molar-refractivity contribution is -0.136. The summed E-state index contributed by atoms with van der Waals surface area (Å²) in [6.45, 7) is 2.38. The first kappa shape index (κ1) is 20.9. The topological polar surface area (TPSA) is 55.8 Å². The second-order valence-electron chi connectivity index (χ2n) is 8.24. The SMILES string of the molecule is Cc1ccc(N2C(=O)CC(c3ccc(OCc4ccc(F)cc4)cc3)C3=C2COC3=O)cc1. The van der Waals surface area contributed by atoms with Gasteiger partial charge in [0.25, 0.3) is 0 Å². The number of cyclic esters (lactones) is 1. The van der Waals surface area contributed by atoms with Gasteiger partial charge in [-0.2, -0.15) is 0 Å². The van der Waals surface area contributed by atoms with Gasteiger partial charge in [-0.1, -0.05) is 42.0 Å². The molecule has 1 unspecified atom stereocenters. The van der Waals surface area contributed by atoms with Gasteiger partial charge in [0, 0.05) is 18.0 Å². The molecule has 166 valence electrons. The van der Waals surface area contributed by atoms with Crippen LogP contribution < -0.4 is 9.64 Å². The number of benzene rings is 3. The largest absolute Gasteiger partial charge is 0.489 e. The lowest BCUT2D eigenvalue weighted by Crippen LogP contribution is -2.37. The zero-order valence-electron chi connectivity index (χ0n) is 18.1. The summed E-state index contributed by atoms with van der Waals surface area (Å²) >= 11 is 0. The number of aryl methyl sites for hydroxylation is 1. The summed E-state index contributed by atoms with van der Waals surface area (Å²) < 4.78 is 24.2. The van der Waals surface area contributed by atoms with Crippen molar-refractivity contribution < 1.29 is 23.5 Å². The molecule has 0 aliphatic carbocycles. The minimum absolute atomic E-state index is 0.0717. The molecule has 0 N–H and O–H groups in total. The van der Waals surface area contributed by atoms with Crippen LogP contribution >= 0.6 is 0 Å². The number of hydrogen-bond donors (Lipinski definition) is 0. The van der Waals surface area contributed by atoms with E-state index in [0.717, 1.165) is 22.4 Å². The fourth-order valence-corrected chi connectivity index (χ4v) is 4.28. The molecule has 2 heterocycles. The Morgan fingerprint density at radius 2 is 1.67 bits per heavy atom. The number of anilines is 1. The van der Waals surface area contributed by atoms with Gasteiger partial charge in [0.05, 0.1) is 11.3 Å². The van der Waals surface area contributed by atoms with Gasteiger partial charge in [-0.15, -0.1) is 0 Å². The van der Waals surface area contributed by atoms with Gasteiger partial charge < -0.3 is 9.47 Å². The summed E-state index contributed by atoms with van der Waals surface area (Å²) in [4.78, 5) is 27.4. The molecule has 0 fully saturated rings. The Bertz CT molecular complexity index is 1230. The number of esters is 1. The van der Waals surface area contributed by atoms with E-state index in [2.05, 4.69) is 0 Å². The van der Waals surface area contributed by atoms with Crippen molar-refractivity contribution in [3.05, 3.63) is 107 Å². The number of nitrogens with zero attached hydrogens (tertiary/aromatic N) is 1. The Balaban J connectivity index is 1.38.